The number of nitrogens with zero attached hydrogens (tertiary/aromatic N) is 5. The number of urea groups is 1. The summed E-state index contributed by atoms with van der Waals surface area (Å²) in [6, 6.07) is 7.81. The minimum atomic E-state index is -0.151. The van der Waals surface area contributed by atoms with Crippen molar-refractivity contribution >= 4 is 17.5 Å². The molecule has 3 aromatic heterocycles. The number of hydrogen-bond acceptors (Lipinski definition) is 4. The van der Waals surface area contributed by atoms with Gasteiger partial charge in [-0.2, -0.15) is 5.10 Å². The molecule has 130 valence electrons. The summed E-state index contributed by atoms with van der Waals surface area (Å²) >= 11 is 0. The minimum absolute atomic E-state index is 0.151. The maximum Gasteiger partial charge on any atom is 0.327 e. The van der Waals surface area contributed by atoms with Gasteiger partial charge in [0.05, 0.1) is 23.8 Å². The smallest absolute Gasteiger partial charge is 0.306 e. The number of anilines is 2. The van der Waals surface area contributed by atoms with Crippen LogP contribution in [0.15, 0.2) is 49.1 Å². The van der Waals surface area contributed by atoms with Crippen molar-refractivity contribution in [2.45, 2.75) is 24.8 Å². The second-order valence-electron chi connectivity index (χ2n) is 6.81. The number of amides is 2. The molecule has 7 heteroatoms. The molecule has 0 saturated heterocycles. The second kappa shape index (κ2) is 5.66. The van der Waals surface area contributed by atoms with Gasteiger partial charge in [0.25, 0.3) is 0 Å². The SMILES string of the molecule is Cn1cc(-c2ccc3c(n2)N(C(=O)Nc2cccnc2)C2CCC32)cn1. The van der Waals surface area contributed by atoms with E-state index in [-0.39, 0.29) is 12.1 Å². The van der Waals surface area contributed by atoms with Crippen LogP contribution in [0.25, 0.3) is 11.3 Å². The standard InChI is InChI=1S/C19H18N6O/c1-24-11-12(9-21-24)16-6-4-15-14-5-7-17(14)25(18(15)23-16)19(26)22-13-3-2-8-20-10-13/h2-4,6,8-11,14,17H,5,7H2,1H3,(H,22,26). The van der Waals surface area contributed by atoms with Crippen LogP contribution in [0.5, 0.6) is 0 Å². The first kappa shape index (κ1) is 15.1. The highest BCUT2D eigenvalue weighted by molar-refractivity contribution is 6.03. The highest BCUT2D eigenvalue weighted by atomic mass is 16.2. The van der Waals surface area contributed by atoms with Crippen molar-refractivity contribution in [3.63, 3.8) is 0 Å². The van der Waals surface area contributed by atoms with Crippen LogP contribution in [0.1, 0.15) is 24.3 Å². The number of carbonyl (C=O) groups is 1. The Labute approximate surface area is 150 Å². The fourth-order valence-corrected chi connectivity index (χ4v) is 3.83. The summed E-state index contributed by atoms with van der Waals surface area (Å²) in [5.41, 5.74) is 3.62. The third-order valence-corrected chi connectivity index (χ3v) is 5.23. The number of aromatic nitrogens is 4. The Kier molecular flexibility index (Phi) is 3.28. The van der Waals surface area contributed by atoms with Gasteiger partial charge in [-0.25, -0.2) is 9.78 Å². The Morgan fingerprint density at radius 1 is 1.23 bits per heavy atom. The van der Waals surface area contributed by atoms with E-state index in [0.717, 1.165) is 35.5 Å². The zero-order chi connectivity index (χ0) is 17.7. The molecule has 0 bridgehead atoms. The zero-order valence-corrected chi connectivity index (χ0v) is 14.3. The first-order valence-corrected chi connectivity index (χ1v) is 8.71. The van der Waals surface area contributed by atoms with Gasteiger partial charge >= 0.3 is 6.03 Å². The van der Waals surface area contributed by atoms with Crippen molar-refractivity contribution in [2.75, 3.05) is 10.2 Å². The molecule has 2 atom stereocenters. The monoisotopic (exact) mass is 346 g/mol. The Morgan fingerprint density at radius 2 is 2.15 bits per heavy atom. The van der Waals surface area contributed by atoms with Gasteiger partial charge in [0.15, 0.2) is 0 Å². The Bertz CT molecular complexity index is 983. The van der Waals surface area contributed by atoms with E-state index >= 15 is 0 Å². The minimum Gasteiger partial charge on any atom is -0.306 e. The summed E-state index contributed by atoms with van der Waals surface area (Å²) in [7, 11) is 1.88. The lowest BCUT2D eigenvalue weighted by Crippen LogP contribution is -2.46. The van der Waals surface area contributed by atoms with E-state index < -0.39 is 0 Å². The van der Waals surface area contributed by atoms with Crippen LogP contribution in [-0.2, 0) is 7.05 Å². The third kappa shape index (κ3) is 2.28. The van der Waals surface area contributed by atoms with Gasteiger partial charge in [-0.1, -0.05) is 6.07 Å². The fraction of sp³-hybridized carbons (Fsp3) is 0.263. The normalized spacial score (nSPS) is 20.3. The first-order valence-electron chi connectivity index (χ1n) is 8.71. The summed E-state index contributed by atoms with van der Waals surface area (Å²) in [5.74, 6) is 1.15. The zero-order valence-electron chi connectivity index (χ0n) is 14.3. The molecule has 2 aliphatic rings. The fourth-order valence-electron chi connectivity index (χ4n) is 3.83. The van der Waals surface area contributed by atoms with E-state index in [4.69, 9.17) is 4.98 Å². The number of nitrogens with one attached hydrogen (secondary N) is 1. The van der Waals surface area contributed by atoms with E-state index in [9.17, 15) is 4.79 Å². The van der Waals surface area contributed by atoms with Crippen molar-refractivity contribution < 1.29 is 4.79 Å². The Morgan fingerprint density at radius 3 is 2.85 bits per heavy atom. The van der Waals surface area contributed by atoms with E-state index in [1.165, 1.54) is 0 Å². The summed E-state index contributed by atoms with van der Waals surface area (Å²) in [4.78, 5) is 23.6. The molecular formula is C19H18N6O. The van der Waals surface area contributed by atoms with E-state index in [0.29, 0.717) is 11.6 Å². The molecule has 0 aromatic carbocycles. The highest BCUT2D eigenvalue weighted by Crippen LogP contribution is 2.51. The first-order chi connectivity index (χ1) is 12.7. The van der Waals surface area contributed by atoms with Crippen LogP contribution in [0.4, 0.5) is 16.3 Å². The van der Waals surface area contributed by atoms with Crippen molar-refractivity contribution in [1.29, 1.82) is 0 Å². The third-order valence-electron chi connectivity index (χ3n) is 5.23. The number of rotatable bonds is 2. The summed E-state index contributed by atoms with van der Waals surface area (Å²) in [6.07, 6.45) is 9.15. The molecule has 7 nitrogen and oxygen atoms in total. The van der Waals surface area contributed by atoms with Gasteiger partial charge in [0.1, 0.15) is 5.82 Å². The molecule has 4 heterocycles. The number of carbonyl (C=O) groups excluding carboxylic acids is 1. The lowest BCUT2D eigenvalue weighted by Gasteiger charge is -2.35. The molecular weight excluding hydrogens is 328 g/mol. The van der Waals surface area contributed by atoms with E-state index in [1.54, 1.807) is 29.3 Å². The van der Waals surface area contributed by atoms with Gasteiger partial charge in [-0.15, -0.1) is 0 Å². The number of hydrogen-bond donors (Lipinski definition) is 1. The predicted molar refractivity (Wildman–Crippen MR) is 97.9 cm³/mol. The molecule has 26 heavy (non-hydrogen) atoms. The maximum atomic E-state index is 12.9. The number of aryl methyl sites for hydroxylation is 1. The lowest BCUT2D eigenvalue weighted by atomic mass is 9.78. The Balaban J connectivity index is 1.51. The second-order valence-corrected chi connectivity index (χ2v) is 6.81. The molecule has 2 amide bonds. The van der Waals surface area contributed by atoms with Crippen molar-refractivity contribution in [3.05, 3.63) is 54.6 Å². The topological polar surface area (TPSA) is 75.9 Å². The van der Waals surface area contributed by atoms with Gasteiger partial charge in [-0.3, -0.25) is 14.6 Å². The van der Waals surface area contributed by atoms with Gasteiger partial charge in [0.2, 0.25) is 0 Å². The molecule has 3 aromatic rings. The van der Waals surface area contributed by atoms with Crippen LogP contribution in [0, 0.1) is 0 Å². The summed E-state index contributed by atoms with van der Waals surface area (Å²) < 4.78 is 1.75. The van der Waals surface area contributed by atoms with Crippen LogP contribution in [-0.4, -0.2) is 31.8 Å². The Hall–Kier alpha value is -3.22. The molecule has 1 N–H and O–H groups in total. The largest absolute Gasteiger partial charge is 0.327 e. The lowest BCUT2D eigenvalue weighted by molar-refractivity contribution is 0.248. The molecule has 0 spiro atoms. The van der Waals surface area contributed by atoms with Crippen molar-refractivity contribution in [3.8, 4) is 11.3 Å². The molecule has 1 saturated carbocycles. The van der Waals surface area contributed by atoms with Gasteiger partial charge in [-0.05, 0) is 31.0 Å². The van der Waals surface area contributed by atoms with E-state index in [2.05, 4.69) is 21.5 Å². The average Bonchev–Trinajstić information content (AvgIpc) is 3.14. The predicted octanol–water partition coefficient (Wildman–Crippen LogP) is 3.18. The summed E-state index contributed by atoms with van der Waals surface area (Å²) in [5, 5.41) is 7.16. The quantitative estimate of drug-likeness (QED) is 0.773. The molecule has 1 fully saturated rings. The average molecular weight is 346 g/mol. The molecule has 2 unspecified atom stereocenters. The van der Waals surface area contributed by atoms with Crippen molar-refractivity contribution in [1.82, 2.24) is 19.7 Å². The molecule has 0 radical (unpaired) electrons. The van der Waals surface area contributed by atoms with Crippen LogP contribution < -0.4 is 10.2 Å². The van der Waals surface area contributed by atoms with Crippen LogP contribution >= 0.6 is 0 Å². The highest BCUT2D eigenvalue weighted by Gasteiger charge is 2.48. The molecule has 1 aliphatic carbocycles. The van der Waals surface area contributed by atoms with Gasteiger partial charge in [0, 0.05) is 42.5 Å². The van der Waals surface area contributed by atoms with Gasteiger partial charge < -0.3 is 5.32 Å². The number of pyridine rings is 2. The van der Waals surface area contributed by atoms with Crippen LogP contribution in [0.2, 0.25) is 0 Å². The van der Waals surface area contributed by atoms with Crippen molar-refractivity contribution in [2.24, 2.45) is 7.05 Å². The summed E-state index contributed by atoms with van der Waals surface area (Å²) in [6.45, 7) is 0. The maximum absolute atomic E-state index is 12.9. The van der Waals surface area contributed by atoms with Crippen LogP contribution in [0.3, 0.4) is 0 Å². The van der Waals surface area contributed by atoms with E-state index in [1.807, 2.05) is 30.3 Å². The molecule has 1 aliphatic heterocycles. The molecule has 5 rings (SSSR count). The number of fused-ring (bicyclic) bond motifs is 3.